The van der Waals surface area contributed by atoms with E-state index in [1.807, 2.05) is 18.2 Å². The van der Waals surface area contributed by atoms with E-state index in [1.165, 1.54) is 25.7 Å². The minimum atomic E-state index is -0.371. The highest BCUT2D eigenvalue weighted by molar-refractivity contribution is 6.04. The van der Waals surface area contributed by atoms with Gasteiger partial charge in [-0.2, -0.15) is 0 Å². The van der Waals surface area contributed by atoms with Crippen molar-refractivity contribution in [3.05, 3.63) is 41.5 Å². The first-order valence-electron chi connectivity index (χ1n) is 10.4. The van der Waals surface area contributed by atoms with Crippen LogP contribution in [0.1, 0.15) is 61.4 Å². The fourth-order valence-electron chi connectivity index (χ4n) is 4.89. The number of rotatable bonds is 6. The van der Waals surface area contributed by atoms with Gasteiger partial charge in [0, 0.05) is 11.4 Å². The molecule has 1 saturated carbocycles. The van der Waals surface area contributed by atoms with Crippen LogP contribution < -0.4 is 10.5 Å². The predicted octanol–water partition coefficient (Wildman–Crippen LogP) is 4.71. The van der Waals surface area contributed by atoms with Gasteiger partial charge in [0.05, 0.1) is 11.7 Å². The van der Waals surface area contributed by atoms with Crippen LogP contribution in [-0.4, -0.2) is 36.0 Å². The second-order valence-corrected chi connectivity index (χ2v) is 7.98. The largest absolute Gasteiger partial charge is 0.489 e. The lowest BCUT2D eigenvalue weighted by Gasteiger charge is -2.25. The van der Waals surface area contributed by atoms with Crippen LogP contribution >= 0.6 is 12.4 Å². The molecule has 2 N–H and O–H groups in total. The third kappa shape index (κ3) is 4.13. The molecular weight excluding hydrogens is 372 g/mol. The van der Waals surface area contributed by atoms with Crippen LogP contribution in [0, 0.1) is 0 Å². The summed E-state index contributed by atoms with van der Waals surface area (Å²) in [6, 6.07) is 10.8. The maximum atomic E-state index is 12.5. The van der Waals surface area contributed by atoms with Gasteiger partial charge in [-0.3, -0.25) is 4.79 Å². The van der Waals surface area contributed by atoms with Crippen molar-refractivity contribution >= 4 is 29.1 Å². The lowest BCUT2D eigenvalue weighted by molar-refractivity contribution is 0.0992. The van der Waals surface area contributed by atoms with Crippen molar-refractivity contribution in [3.8, 4) is 5.75 Å². The first-order valence-corrected chi connectivity index (χ1v) is 10.4. The van der Waals surface area contributed by atoms with E-state index < -0.39 is 0 Å². The first kappa shape index (κ1) is 20.9. The van der Waals surface area contributed by atoms with E-state index in [9.17, 15) is 4.79 Å². The minimum absolute atomic E-state index is 0. The van der Waals surface area contributed by atoms with Gasteiger partial charge in [0.15, 0.2) is 0 Å². The number of carbonyl (C=O) groups is 1. The summed E-state index contributed by atoms with van der Waals surface area (Å²) in [4.78, 5) is 15.0. The molecule has 0 radical (unpaired) electrons. The average molecular weight is 403 g/mol. The molecule has 1 saturated heterocycles. The van der Waals surface area contributed by atoms with Crippen LogP contribution in [-0.2, 0) is 6.42 Å². The summed E-state index contributed by atoms with van der Waals surface area (Å²) < 4.78 is 6.42. The molecule has 152 valence electrons. The molecule has 2 aliphatic rings. The third-order valence-electron chi connectivity index (χ3n) is 6.28. The van der Waals surface area contributed by atoms with Gasteiger partial charge in [0.2, 0.25) is 0 Å². The number of likely N-dealkylation sites (tertiary alicyclic amines) is 1. The van der Waals surface area contributed by atoms with Gasteiger partial charge in [-0.05, 0) is 69.0 Å². The van der Waals surface area contributed by atoms with Crippen molar-refractivity contribution in [2.24, 2.45) is 5.73 Å². The monoisotopic (exact) mass is 402 g/mol. The molecule has 1 aliphatic heterocycles. The number of carbonyl (C=O) groups excluding carboxylic acids is 1. The fraction of sp³-hybridized carbons (Fsp3) is 0.522. The topological polar surface area (TPSA) is 55.6 Å². The maximum Gasteiger partial charge on any atom is 0.252 e. The molecule has 4 rings (SSSR count). The summed E-state index contributed by atoms with van der Waals surface area (Å²) in [5.41, 5.74) is 7.53. The van der Waals surface area contributed by atoms with Gasteiger partial charge in [-0.1, -0.05) is 37.3 Å². The van der Waals surface area contributed by atoms with Crippen molar-refractivity contribution in [2.45, 2.75) is 64.0 Å². The second kappa shape index (κ2) is 9.15. The molecule has 1 atom stereocenters. The zero-order valence-electron chi connectivity index (χ0n) is 16.7. The molecule has 2 aromatic rings. The van der Waals surface area contributed by atoms with Gasteiger partial charge in [-0.15, -0.1) is 12.4 Å². The summed E-state index contributed by atoms with van der Waals surface area (Å²) in [5, 5.41) is 2.13. The van der Waals surface area contributed by atoms with E-state index in [-0.39, 0.29) is 24.4 Å². The number of primary amides is 1. The fourth-order valence-corrected chi connectivity index (χ4v) is 4.89. The summed E-state index contributed by atoms with van der Waals surface area (Å²) in [7, 11) is 0. The lowest BCUT2D eigenvalue weighted by Crippen LogP contribution is -2.31. The molecule has 0 spiro atoms. The zero-order valence-corrected chi connectivity index (χ0v) is 17.5. The number of ether oxygens (including phenoxy) is 1. The molecule has 5 heteroatoms. The Hall–Kier alpha value is -1.78. The van der Waals surface area contributed by atoms with Crippen LogP contribution in [0.2, 0.25) is 0 Å². The Morgan fingerprint density at radius 2 is 1.93 bits per heavy atom. The molecule has 1 amide bonds. The van der Waals surface area contributed by atoms with Gasteiger partial charge in [-0.25, -0.2) is 0 Å². The quantitative estimate of drug-likeness (QED) is 0.761. The number of hydrogen-bond acceptors (Lipinski definition) is 3. The van der Waals surface area contributed by atoms with E-state index in [4.69, 9.17) is 10.5 Å². The molecule has 1 aliphatic carbocycles. The minimum Gasteiger partial charge on any atom is -0.489 e. The number of nitrogens with zero attached hydrogens (tertiary/aromatic N) is 1. The molecular formula is C23H31ClN2O2. The Kier molecular flexibility index (Phi) is 6.84. The summed E-state index contributed by atoms with van der Waals surface area (Å²) in [6.07, 6.45) is 7.97. The standard InChI is InChI=1S/C23H30N2O2.ClH/c1-2-25-13-7-9-18(25)15-17-14-16-8-3-6-12-20(16)22(21(17)23(24)26)27-19-10-4-5-11-19;/h3,6,8,12,14,18-19H,2,4-5,7,9-11,13,15H2,1H3,(H2,24,26);1H. The molecule has 4 nitrogen and oxygen atoms in total. The van der Waals surface area contributed by atoms with Crippen molar-refractivity contribution in [2.75, 3.05) is 13.1 Å². The Bertz CT molecular complexity index is 833. The Morgan fingerprint density at radius 1 is 1.18 bits per heavy atom. The highest BCUT2D eigenvalue weighted by atomic mass is 35.5. The summed E-state index contributed by atoms with van der Waals surface area (Å²) in [5.74, 6) is 0.341. The predicted molar refractivity (Wildman–Crippen MR) is 117 cm³/mol. The molecule has 0 aromatic heterocycles. The number of nitrogens with two attached hydrogens (primary N) is 1. The van der Waals surface area contributed by atoms with Crippen molar-refractivity contribution < 1.29 is 9.53 Å². The highest BCUT2D eigenvalue weighted by Gasteiger charge is 2.28. The van der Waals surface area contributed by atoms with E-state index in [0.29, 0.717) is 17.4 Å². The third-order valence-corrected chi connectivity index (χ3v) is 6.28. The number of amides is 1. The van der Waals surface area contributed by atoms with E-state index in [0.717, 1.165) is 48.7 Å². The SMILES string of the molecule is CCN1CCCC1Cc1cc2ccccc2c(OC2CCCC2)c1C(N)=O.Cl. The first-order chi connectivity index (χ1) is 13.2. The van der Waals surface area contributed by atoms with Crippen molar-refractivity contribution in [1.29, 1.82) is 0 Å². The van der Waals surface area contributed by atoms with Crippen LogP contribution in [0.4, 0.5) is 0 Å². The molecule has 2 fully saturated rings. The van der Waals surface area contributed by atoms with Crippen molar-refractivity contribution in [1.82, 2.24) is 4.90 Å². The van der Waals surface area contributed by atoms with Gasteiger partial charge < -0.3 is 15.4 Å². The summed E-state index contributed by atoms with van der Waals surface area (Å²) in [6.45, 7) is 4.41. The Balaban J connectivity index is 0.00000225. The van der Waals surface area contributed by atoms with Crippen LogP contribution in [0.3, 0.4) is 0 Å². The molecule has 2 aromatic carbocycles. The molecule has 1 heterocycles. The number of likely N-dealkylation sites (N-methyl/N-ethyl adjacent to an activating group) is 1. The number of fused-ring (bicyclic) bond motifs is 1. The van der Waals surface area contributed by atoms with E-state index in [1.54, 1.807) is 0 Å². The van der Waals surface area contributed by atoms with Crippen LogP contribution in [0.5, 0.6) is 5.75 Å². The number of halogens is 1. The maximum absolute atomic E-state index is 12.5. The Morgan fingerprint density at radius 3 is 2.64 bits per heavy atom. The van der Waals surface area contributed by atoms with Crippen molar-refractivity contribution in [3.63, 3.8) is 0 Å². The molecule has 0 bridgehead atoms. The molecule has 28 heavy (non-hydrogen) atoms. The van der Waals surface area contributed by atoms with E-state index >= 15 is 0 Å². The smallest absolute Gasteiger partial charge is 0.252 e. The van der Waals surface area contributed by atoms with Gasteiger partial charge in [0.25, 0.3) is 5.91 Å². The van der Waals surface area contributed by atoms with Crippen LogP contribution in [0.25, 0.3) is 10.8 Å². The number of benzene rings is 2. The second-order valence-electron chi connectivity index (χ2n) is 7.98. The van der Waals surface area contributed by atoms with Gasteiger partial charge >= 0.3 is 0 Å². The van der Waals surface area contributed by atoms with E-state index in [2.05, 4.69) is 24.0 Å². The van der Waals surface area contributed by atoms with Gasteiger partial charge in [0.1, 0.15) is 5.75 Å². The Labute approximate surface area is 173 Å². The zero-order chi connectivity index (χ0) is 18.8. The highest BCUT2D eigenvalue weighted by Crippen LogP contribution is 2.37. The van der Waals surface area contributed by atoms with Crippen LogP contribution in [0.15, 0.2) is 30.3 Å². The molecule has 1 unspecified atom stereocenters. The lowest BCUT2D eigenvalue weighted by atomic mass is 9.93. The summed E-state index contributed by atoms with van der Waals surface area (Å²) >= 11 is 0. The normalized spacial score (nSPS) is 20.4. The number of hydrogen-bond donors (Lipinski definition) is 1. The average Bonchev–Trinajstić information content (AvgIpc) is 3.33.